The molecule has 1 heterocycles. The lowest BCUT2D eigenvalue weighted by Crippen LogP contribution is -1.98. The number of halogens is 1. The standard InChI is InChI=1S/C5H5ClO2S2/c6-10(7,8)5-2-1-3-9-4-5/h1-3H,4H2. The molecule has 0 amide bonds. The maximum absolute atomic E-state index is 10.6. The van der Waals surface area contributed by atoms with Crippen molar-refractivity contribution in [3.8, 4) is 0 Å². The van der Waals surface area contributed by atoms with Gasteiger partial charge >= 0.3 is 0 Å². The Morgan fingerprint density at radius 3 is 2.60 bits per heavy atom. The van der Waals surface area contributed by atoms with E-state index in [1.165, 1.54) is 17.8 Å². The summed E-state index contributed by atoms with van der Waals surface area (Å²) in [6.45, 7) is 0. The van der Waals surface area contributed by atoms with Gasteiger partial charge in [-0.1, -0.05) is 6.08 Å². The fourth-order valence-corrected chi connectivity index (χ4v) is 2.64. The zero-order valence-electron chi connectivity index (χ0n) is 4.95. The van der Waals surface area contributed by atoms with Crippen molar-refractivity contribution in [2.24, 2.45) is 0 Å². The van der Waals surface area contributed by atoms with Crippen LogP contribution in [0.25, 0.3) is 0 Å². The summed E-state index contributed by atoms with van der Waals surface area (Å²) in [6, 6.07) is 0. The second-order valence-corrected chi connectivity index (χ2v) is 5.22. The summed E-state index contributed by atoms with van der Waals surface area (Å²) in [6.07, 6.45) is 3.18. The highest BCUT2D eigenvalue weighted by Gasteiger charge is 2.13. The first kappa shape index (κ1) is 8.17. The third kappa shape index (κ3) is 2.04. The molecule has 0 atom stereocenters. The van der Waals surface area contributed by atoms with E-state index in [4.69, 9.17) is 10.7 Å². The van der Waals surface area contributed by atoms with Gasteiger partial charge in [0.15, 0.2) is 0 Å². The van der Waals surface area contributed by atoms with Crippen molar-refractivity contribution in [3.05, 3.63) is 22.5 Å². The molecule has 0 bridgehead atoms. The number of hydrogen-bond acceptors (Lipinski definition) is 3. The third-order valence-corrected chi connectivity index (χ3v) is 3.51. The van der Waals surface area contributed by atoms with Gasteiger partial charge in [-0.3, -0.25) is 0 Å². The number of rotatable bonds is 1. The maximum atomic E-state index is 10.6. The summed E-state index contributed by atoms with van der Waals surface area (Å²) < 4.78 is 21.3. The molecule has 2 nitrogen and oxygen atoms in total. The van der Waals surface area contributed by atoms with Crippen LogP contribution in [0.1, 0.15) is 0 Å². The third-order valence-electron chi connectivity index (χ3n) is 0.996. The minimum atomic E-state index is -3.46. The van der Waals surface area contributed by atoms with Gasteiger partial charge in [0.2, 0.25) is 0 Å². The molecule has 0 aliphatic carbocycles. The Morgan fingerprint density at radius 1 is 1.60 bits per heavy atom. The van der Waals surface area contributed by atoms with Crippen molar-refractivity contribution in [1.29, 1.82) is 0 Å². The van der Waals surface area contributed by atoms with E-state index >= 15 is 0 Å². The molecule has 0 aromatic rings. The van der Waals surface area contributed by atoms with Crippen LogP contribution in [0.2, 0.25) is 0 Å². The second kappa shape index (κ2) is 2.98. The van der Waals surface area contributed by atoms with Crippen LogP contribution in [0.5, 0.6) is 0 Å². The Bertz CT molecular complexity index is 276. The number of hydrogen-bond donors (Lipinski definition) is 0. The van der Waals surface area contributed by atoms with Crippen LogP contribution in [0, 0.1) is 0 Å². The Morgan fingerprint density at radius 2 is 2.30 bits per heavy atom. The van der Waals surface area contributed by atoms with Crippen molar-refractivity contribution >= 4 is 31.5 Å². The van der Waals surface area contributed by atoms with E-state index < -0.39 is 9.05 Å². The molecule has 56 valence electrons. The molecule has 0 saturated carbocycles. The largest absolute Gasteiger partial charge is 0.258 e. The van der Waals surface area contributed by atoms with Gasteiger partial charge < -0.3 is 0 Å². The highest BCUT2D eigenvalue weighted by Crippen LogP contribution is 2.21. The Balaban J connectivity index is 2.93. The molecule has 1 aliphatic rings. The van der Waals surface area contributed by atoms with Gasteiger partial charge in [-0.2, -0.15) is 0 Å². The van der Waals surface area contributed by atoms with Gasteiger partial charge in [-0.15, -0.1) is 11.8 Å². The van der Waals surface area contributed by atoms with Crippen LogP contribution < -0.4 is 0 Å². The van der Waals surface area contributed by atoms with E-state index in [0.717, 1.165) is 0 Å². The zero-order valence-corrected chi connectivity index (χ0v) is 7.34. The molecule has 10 heavy (non-hydrogen) atoms. The van der Waals surface area contributed by atoms with E-state index in [-0.39, 0.29) is 4.91 Å². The summed E-state index contributed by atoms with van der Waals surface area (Å²) in [5, 5.41) is 1.82. The van der Waals surface area contributed by atoms with Gasteiger partial charge in [0.25, 0.3) is 9.05 Å². The maximum Gasteiger partial charge on any atom is 0.258 e. The molecular weight excluding hydrogens is 192 g/mol. The second-order valence-electron chi connectivity index (χ2n) is 1.71. The van der Waals surface area contributed by atoms with Gasteiger partial charge in [-0.05, 0) is 11.5 Å². The monoisotopic (exact) mass is 196 g/mol. The van der Waals surface area contributed by atoms with Gasteiger partial charge in [0, 0.05) is 16.4 Å². The first-order valence-corrected chi connectivity index (χ1v) is 5.88. The summed E-state index contributed by atoms with van der Waals surface area (Å²) in [5.41, 5.74) is 0. The number of thioether (sulfide) groups is 1. The molecule has 0 aromatic carbocycles. The van der Waals surface area contributed by atoms with Crippen LogP contribution in [0.3, 0.4) is 0 Å². The van der Waals surface area contributed by atoms with E-state index in [1.54, 1.807) is 6.08 Å². The van der Waals surface area contributed by atoms with E-state index in [0.29, 0.717) is 5.75 Å². The topological polar surface area (TPSA) is 34.1 Å². The highest BCUT2D eigenvalue weighted by atomic mass is 35.7. The molecule has 0 unspecified atom stereocenters. The minimum Gasteiger partial charge on any atom is -0.207 e. The lowest BCUT2D eigenvalue weighted by Gasteiger charge is -2.02. The fraction of sp³-hybridized carbons (Fsp3) is 0.200. The molecule has 1 aliphatic heterocycles. The van der Waals surface area contributed by atoms with Crippen LogP contribution in [0.4, 0.5) is 0 Å². The predicted molar refractivity (Wildman–Crippen MR) is 44.5 cm³/mol. The van der Waals surface area contributed by atoms with Crippen molar-refractivity contribution in [3.63, 3.8) is 0 Å². The summed E-state index contributed by atoms with van der Waals surface area (Å²) in [5.74, 6) is 0.447. The normalized spacial score (nSPS) is 18.7. The Kier molecular flexibility index (Phi) is 2.44. The highest BCUT2D eigenvalue weighted by molar-refractivity contribution is 8.17. The lowest BCUT2D eigenvalue weighted by molar-refractivity contribution is 0.615. The smallest absolute Gasteiger partial charge is 0.207 e. The first-order chi connectivity index (χ1) is 4.61. The van der Waals surface area contributed by atoms with E-state index in [9.17, 15) is 8.42 Å². The van der Waals surface area contributed by atoms with Gasteiger partial charge in [-0.25, -0.2) is 8.42 Å². The molecule has 0 radical (unpaired) electrons. The van der Waals surface area contributed by atoms with Crippen LogP contribution in [-0.2, 0) is 9.05 Å². The molecule has 0 saturated heterocycles. The molecule has 5 heteroatoms. The van der Waals surface area contributed by atoms with Crippen molar-refractivity contribution in [2.45, 2.75) is 0 Å². The van der Waals surface area contributed by atoms with Crippen LogP contribution >= 0.6 is 22.4 Å². The van der Waals surface area contributed by atoms with E-state index in [1.807, 2.05) is 5.41 Å². The molecule has 1 rings (SSSR count). The fourth-order valence-electron chi connectivity index (χ4n) is 0.532. The summed E-state index contributed by atoms with van der Waals surface area (Å²) >= 11 is 1.42. The first-order valence-electron chi connectivity index (χ1n) is 2.53. The molecular formula is C5H5ClO2S2. The van der Waals surface area contributed by atoms with Crippen LogP contribution in [-0.4, -0.2) is 14.2 Å². The Hall–Kier alpha value is 0.0700. The zero-order chi connectivity index (χ0) is 7.61. The Labute approximate surface area is 68.4 Å². The van der Waals surface area contributed by atoms with Gasteiger partial charge in [0.05, 0.1) is 4.91 Å². The van der Waals surface area contributed by atoms with Gasteiger partial charge in [0.1, 0.15) is 0 Å². The van der Waals surface area contributed by atoms with E-state index in [2.05, 4.69) is 0 Å². The summed E-state index contributed by atoms with van der Waals surface area (Å²) in [4.78, 5) is 0.279. The summed E-state index contributed by atoms with van der Waals surface area (Å²) in [7, 11) is 1.60. The SMILES string of the molecule is O=S(=O)(Cl)C1=CC=CSC1. The molecule has 0 N–H and O–H groups in total. The van der Waals surface area contributed by atoms with Crippen molar-refractivity contribution in [2.75, 3.05) is 5.75 Å². The van der Waals surface area contributed by atoms with Crippen molar-refractivity contribution in [1.82, 2.24) is 0 Å². The predicted octanol–water partition coefficient (Wildman–Crippen LogP) is 1.70. The lowest BCUT2D eigenvalue weighted by atomic mass is 10.5. The average Bonchev–Trinajstić information content (AvgIpc) is 1.88. The quantitative estimate of drug-likeness (QED) is 0.599. The minimum absolute atomic E-state index is 0.279. The molecule has 0 spiro atoms. The number of allylic oxidation sites excluding steroid dienone is 2. The average molecular weight is 197 g/mol. The van der Waals surface area contributed by atoms with Crippen LogP contribution in [0.15, 0.2) is 22.5 Å². The molecule has 0 fully saturated rings. The van der Waals surface area contributed by atoms with Crippen molar-refractivity contribution < 1.29 is 8.42 Å². The molecule has 0 aromatic heterocycles.